The van der Waals surface area contributed by atoms with E-state index in [0.29, 0.717) is 17.7 Å². The second-order valence-corrected chi connectivity index (χ2v) is 4.27. The fraction of sp³-hybridized carbons (Fsp3) is 0.125. The van der Waals surface area contributed by atoms with Gasteiger partial charge in [0.15, 0.2) is 0 Å². The molecule has 0 bridgehead atoms. The third kappa shape index (κ3) is 4.07. The molecule has 2 aromatic carbocycles. The highest BCUT2D eigenvalue weighted by Crippen LogP contribution is 2.09. The number of aldehydes is 1. The Balaban J connectivity index is 1.85. The molecular formula is C16H15NO2. The van der Waals surface area contributed by atoms with Crippen molar-refractivity contribution in [1.82, 2.24) is 0 Å². The zero-order valence-corrected chi connectivity index (χ0v) is 10.5. The van der Waals surface area contributed by atoms with Crippen molar-refractivity contribution in [3.05, 3.63) is 65.7 Å². The zero-order valence-electron chi connectivity index (χ0n) is 10.5. The van der Waals surface area contributed by atoms with E-state index < -0.39 is 0 Å². The molecule has 0 aromatic heterocycles. The van der Waals surface area contributed by atoms with Gasteiger partial charge < -0.3 is 5.32 Å². The van der Waals surface area contributed by atoms with Crippen LogP contribution in [0.25, 0.3) is 0 Å². The molecule has 1 N–H and O–H groups in total. The molecular weight excluding hydrogens is 238 g/mol. The predicted octanol–water partition coefficient (Wildman–Crippen LogP) is 3.07. The SMILES string of the molecule is O=Cc1ccc(NC(=O)CCc2ccccc2)cc1. The monoisotopic (exact) mass is 253 g/mol. The van der Waals surface area contributed by atoms with E-state index in [0.717, 1.165) is 18.3 Å². The molecule has 0 unspecified atom stereocenters. The summed E-state index contributed by atoms with van der Waals surface area (Å²) >= 11 is 0. The number of amides is 1. The van der Waals surface area contributed by atoms with Crippen LogP contribution in [0.15, 0.2) is 54.6 Å². The smallest absolute Gasteiger partial charge is 0.224 e. The average Bonchev–Trinajstić information content (AvgIpc) is 2.47. The van der Waals surface area contributed by atoms with E-state index >= 15 is 0 Å². The first-order chi connectivity index (χ1) is 9.28. The summed E-state index contributed by atoms with van der Waals surface area (Å²) in [4.78, 5) is 22.3. The van der Waals surface area contributed by atoms with Crippen molar-refractivity contribution in [3.63, 3.8) is 0 Å². The van der Waals surface area contributed by atoms with E-state index in [1.165, 1.54) is 0 Å². The first-order valence-corrected chi connectivity index (χ1v) is 6.17. The van der Waals surface area contributed by atoms with Crippen LogP contribution in [0.2, 0.25) is 0 Å². The van der Waals surface area contributed by atoms with Gasteiger partial charge in [-0.15, -0.1) is 0 Å². The maximum absolute atomic E-state index is 11.8. The predicted molar refractivity (Wildman–Crippen MR) is 75.2 cm³/mol. The van der Waals surface area contributed by atoms with Crippen molar-refractivity contribution in [2.45, 2.75) is 12.8 Å². The van der Waals surface area contributed by atoms with Crippen LogP contribution < -0.4 is 5.32 Å². The lowest BCUT2D eigenvalue weighted by Crippen LogP contribution is -2.12. The number of hydrogen-bond donors (Lipinski definition) is 1. The van der Waals surface area contributed by atoms with Crippen LogP contribution in [0.3, 0.4) is 0 Å². The lowest BCUT2D eigenvalue weighted by molar-refractivity contribution is -0.116. The van der Waals surface area contributed by atoms with Crippen LogP contribution in [0.5, 0.6) is 0 Å². The third-order valence-electron chi connectivity index (χ3n) is 2.81. The molecule has 0 saturated heterocycles. The summed E-state index contributed by atoms with van der Waals surface area (Å²) < 4.78 is 0. The zero-order chi connectivity index (χ0) is 13.5. The molecule has 0 saturated carbocycles. The van der Waals surface area contributed by atoms with Gasteiger partial charge in [-0.05, 0) is 36.2 Å². The molecule has 0 aliphatic heterocycles. The van der Waals surface area contributed by atoms with Crippen molar-refractivity contribution in [2.24, 2.45) is 0 Å². The van der Waals surface area contributed by atoms with Crippen molar-refractivity contribution in [1.29, 1.82) is 0 Å². The van der Waals surface area contributed by atoms with Gasteiger partial charge in [0.2, 0.25) is 5.91 Å². The molecule has 0 atom stereocenters. The lowest BCUT2D eigenvalue weighted by Gasteiger charge is -2.05. The summed E-state index contributed by atoms with van der Waals surface area (Å²) in [7, 11) is 0. The van der Waals surface area contributed by atoms with Gasteiger partial charge in [0.1, 0.15) is 6.29 Å². The molecule has 3 nitrogen and oxygen atoms in total. The highest BCUT2D eigenvalue weighted by Gasteiger charge is 2.03. The van der Waals surface area contributed by atoms with E-state index in [1.807, 2.05) is 30.3 Å². The molecule has 96 valence electrons. The highest BCUT2D eigenvalue weighted by atomic mass is 16.1. The van der Waals surface area contributed by atoms with E-state index in [2.05, 4.69) is 5.32 Å². The van der Waals surface area contributed by atoms with Crippen LogP contribution in [0, 0.1) is 0 Å². The molecule has 3 heteroatoms. The van der Waals surface area contributed by atoms with E-state index in [1.54, 1.807) is 24.3 Å². The molecule has 0 radical (unpaired) electrons. The van der Waals surface area contributed by atoms with Crippen LogP contribution >= 0.6 is 0 Å². The summed E-state index contributed by atoms with van der Waals surface area (Å²) in [6.07, 6.45) is 1.94. The molecule has 0 aliphatic rings. The third-order valence-corrected chi connectivity index (χ3v) is 2.81. The molecule has 19 heavy (non-hydrogen) atoms. The minimum atomic E-state index is -0.0253. The number of rotatable bonds is 5. The Labute approximate surface area is 112 Å². The Morgan fingerprint density at radius 1 is 1.00 bits per heavy atom. The van der Waals surface area contributed by atoms with Gasteiger partial charge in [0.05, 0.1) is 0 Å². The van der Waals surface area contributed by atoms with Gasteiger partial charge >= 0.3 is 0 Å². The van der Waals surface area contributed by atoms with Crippen LogP contribution in [-0.4, -0.2) is 12.2 Å². The van der Waals surface area contributed by atoms with Crippen molar-refractivity contribution < 1.29 is 9.59 Å². The standard InChI is InChI=1S/C16H15NO2/c18-12-14-6-9-15(10-7-14)17-16(19)11-8-13-4-2-1-3-5-13/h1-7,9-10,12H,8,11H2,(H,17,19). The van der Waals surface area contributed by atoms with E-state index in [4.69, 9.17) is 0 Å². The quantitative estimate of drug-likeness (QED) is 0.832. The number of benzene rings is 2. The molecule has 2 rings (SSSR count). The molecule has 2 aromatic rings. The number of hydrogen-bond acceptors (Lipinski definition) is 2. The normalized spacial score (nSPS) is 9.89. The van der Waals surface area contributed by atoms with Crippen molar-refractivity contribution in [3.8, 4) is 0 Å². The summed E-state index contributed by atoms with van der Waals surface area (Å²) in [6, 6.07) is 16.7. The van der Waals surface area contributed by atoms with Gasteiger partial charge in [-0.25, -0.2) is 0 Å². The van der Waals surface area contributed by atoms with Gasteiger partial charge in [-0.2, -0.15) is 0 Å². The molecule has 0 aliphatic carbocycles. The summed E-state index contributed by atoms with van der Waals surface area (Å²) in [5, 5.41) is 2.81. The number of carbonyl (C=O) groups excluding carboxylic acids is 2. The Morgan fingerprint density at radius 2 is 1.68 bits per heavy atom. The van der Waals surface area contributed by atoms with Gasteiger partial charge in [-0.1, -0.05) is 30.3 Å². The average molecular weight is 253 g/mol. The second kappa shape index (κ2) is 6.50. The molecule has 0 fully saturated rings. The first-order valence-electron chi connectivity index (χ1n) is 6.17. The van der Waals surface area contributed by atoms with Crippen LogP contribution in [0.1, 0.15) is 22.3 Å². The first kappa shape index (κ1) is 13.0. The fourth-order valence-electron chi connectivity index (χ4n) is 1.77. The molecule has 0 heterocycles. The Bertz CT molecular complexity index is 547. The maximum Gasteiger partial charge on any atom is 0.224 e. The summed E-state index contributed by atoms with van der Waals surface area (Å²) in [6.45, 7) is 0. The summed E-state index contributed by atoms with van der Waals surface area (Å²) in [5.41, 5.74) is 2.46. The minimum absolute atomic E-state index is 0.0253. The number of aryl methyl sites for hydroxylation is 1. The Kier molecular flexibility index (Phi) is 4.45. The van der Waals surface area contributed by atoms with Crippen molar-refractivity contribution in [2.75, 3.05) is 5.32 Å². The van der Waals surface area contributed by atoms with Gasteiger partial charge in [-0.3, -0.25) is 9.59 Å². The highest BCUT2D eigenvalue weighted by molar-refractivity contribution is 5.91. The lowest BCUT2D eigenvalue weighted by atomic mass is 10.1. The Morgan fingerprint density at radius 3 is 2.32 bits per heavy atom. The number of carbonyl (C=O) groups is 2. The number of anilines is 1. The maximum atomic E-state index is 11.8. The van der Waals surface area contributed by atoms with Crippen molar-refractivity contribution >= 4 is 17.9 Å². The topological polar surface area (TPSA) is 46.2 Å². The van der Waals surface area contributed by atoms with Gasteiger partial charge in [0, 0.05) is 17.7 Å². The molecule has 1 amide bonds. The van der Waals surface area contributed by atoms with Crippen LogP contribution in [0.4, 0.5) is 5.69 Å². The van der Waals surface area contributed by atoms with E-state index in [-0.39, 0.29) is 5.91 Å². The largest absolute Gasteiger partial charge is 0.326 e. The summed E-state index contributed by atoms with van der Waals surface area (Å²) in [5.74, 6) is -0.0253. The number of nitrogens with one attached hydrogen (secondary N) is 1. The minimum Gasteiger partial charge on any atom is -0.326 e. The second-order valence-electron chi connectivity index (χ2n) is 4.27. The van der Waals surface area contributed by atoms with Gasteiger partial charge in [0.25, 0.3) is 0 Å². The van der Waals surface area contributed by atoms with Crippen LogP contribution in [-0.2, 0) is 11.2 Å². The fourth-order valence-corrected chi connectivity index (χ4v) is 1.77. The Hall–Kier alpha value is -2.42. The van der Waals surface area contributed by atoms with E-state index in [9.17, 15) is 9.59 Å². The molecule has 0 spiro atoms.